The summed E-state index contributed by atoms with van der Waals surface area (Å²) in [5.41, 5.74) is 1.12. The molecule has 0 aliphatic heterocycles. The van der Waals surface area contributed by atoms with Gasteiger partial charge in [-0.25, -0.2) is 0 Å². The number of amides is 2. The maximum Gasteiger partial charge on any atom is 0.315 e. The summed E-state index contributed by atoms with van der Waals surface area (Å²) in [6, 6.07) is 6.55. The van der Waals surface area contributed by atoms with Crippen LogP contribution in [-0.2, 0) is 14.3 Å². The number of ether oxygens (including phenoxy) is 1. The molecule has 1 rings (SSSR count). The monoisotopic (exact) mass is 310 g/mol. The molecule has 0 aliphatic rings. The first-order valence-corrected chi connectivity index (χ1v) is 7.57. The van der Waals surface area contributed by atoms with Gasteiger partial charge in [-0.05, 0) is 31.2 Å². The fourth-order valence-corrected chi connectivity index (χ4v) is 2.09. The largest absolute Gasteiger partial charge is 0.465 e. The maximum atomic E-state index is 11.7. The smallest absolute Gasteiger partial charge is 0.315 e. The van der Waals surface area contributed by atoms with Crippen molar-refractivity contribution in [3.63, 3.8) is 0 Å². The molecule has 114 valence electrons. The summed E-state index contributed by atoms with van der Waals surface area (Å²) < 4.78 is 4.76. The van der Waals surface area contributed by atoms with Gasteiger partial charge in [0.15, 0.2) is 0 Å². The summed E-state index contributed by atoms with van der Waals surface area (Å²) >= 11 is 1.19. The summed E-state index contributed by atoms with van der Waals surface area (Å²) in [4.78, 5) is 34.1. The van der Waals surface area contributed by atoms with Crippen LogP contribution < -0.4 is 10.6 Å². The number of thioether (sulfide) groups is 1. The van der Waals surface area contributed by atoms with E-state index in [1.54, 1.807) is 38.2 Å². The summed E-state index contributed by atoms with van der Waals surface area (Å²) in [5.74, 6) is -0.410. The molecule has 1 aromatic rings. The molecule has 0 aliphatic carbocycles. The molecule has 21 heavy (non-hydrogen) atoms. The molecule has 2 N–H and O–H groups in total. The highest BCUT2D eigenvalue weighted by atomic mass is 32.2. The molecule has 0 fully saturated rings. The Kier molecular flexibility index (Phi) is 7.31. The number of hydrogen-bond donors (Lipinski definition) is 2. The second kappa shape index (κ2) is 9.02. The molecule has 0 aromatic heterocycles. The lowest BCUT2D eigenvalue weighted by molar-refractivity contribution is -0.139. The topological polar surface area (TPSA) is 84.5 Å². The molecule has 0 atom stereocenters. The third-order valence-corrected chi connectivity index (χ3v) is 3.32. The van der Waals surface area contributed by atoms with E-state index < -0.39 is 0 Å². The van der Waals surface area contributed by atoms with Crippen molar-refractivity contribution >= 4 is 35.2 Å². The van der Waals surface area contributed by atoms with Crippen LogP contribution in [0.5, 0.6) is 0 Å². The minimum absolute atomic E-state index is 0.150. The molecule has 0 heterocycles. The fourth-order valence-electron chi connectivity index (χ4n) is 1.48. The van der Waals surface area contributed by atoms with Crippen molar-refractivity contribution in [2.75, 3.05) is 30.5 Å². The van der Waals surface area contributed by atoms with Gasteiger partial charge in [0.05, 0.1) is 18.1 Å². The number of rotatable bonds is 7. The van der Waals surface area contributed by atoms with Crippen LogP contribution in [0.15, 0.2) is 24.3 Å². The predicted octanol–water partition coefficient (Wildman–Crippen LogP) is 1.28. The van der Waals surface area contributed by atoms with Gasteiger partial charge in [0, 0.05) is 18.3 Å². The predicted molar refractivity (Wildman–Crippen MR) is 82.4 cm³/mol. The molecule has 1 aromatic carbocycles. The number of carbonyl (C=O) groups excluding carboxylic acids is 3. The molecule has 0 radical (unpaired) electrons. The third-order valence-electron chi connectivity index (χ3n) is 2.42. The standard InChI is InChI=1S/C14H18N2O4S/c1-3-20-13(18)9-21-8-12(17)16-11-6-4-10(5-7-11)14(19)15-2/h4-7H,3,8-9H2,1-2H3,(H,15,19)(H,16,17). The van der Waals surface area contributed by atoms with Crippen molar-refractivity contribution in [2.45, 2.75) is 6.92 Å². The van der Waals surface area contributed by atoms with Gasteiger partial charge in [0.1, 0.15) is 0 Å². The number of nitrogens with one attached hydrogen (secondary N) is 2. The van der Waals surface area contributed by atoms with Crippen LogP contribution in [-0.4, -0.2) is 42.9 Å². The summed E-state index contributed by atoms with van der Waals surface area (Å²) in [6.07, 6.45) is 0. The fraction of sp³-hybridized carbons (Fsp3) is 0.357. The molecule has 0 bridgehead atoms. The van der Waals surface area contributed by atoms with E-state index in [-0.39, 0.29) is 29.3 Å². The molecular formula is C14H18N2O4S. The quantitative estimate of drug-likeness (QED) is 0.741. The molecule has 0 saturated heterocycles. The van der Waals surface area contributed by atoms with Gasteiger partial charge in [-0.15, -0.1) is 11.8 Å². The highest BCUT2D eigenvalue weighted by molar-refractivity contribution is 8.00. The van der Waals surface area contributed by atoms with Crippen molar-refractivity contribution < 1.29 is 19.1 Å². The van der Waals surface area contributed by atoms with Gasteiger partial charge in [-0.2, -0.15) is 0 Å². The van der Waals surface area contributed by atoms with E-state index in [4.69, 9.17) is 4.74 Å². The highest BCUT2D eigenvalue weighted by Gasteiger charge is 2.07. The lowest BCUT2D eigenvalue weighted by atomic mass is 10.2. The molecule has 2 amide bonds. The molecule has 0 saturated carbocycles. The van der Waals surface area contributed by atoms with Crippen LogP contribution in [0.1, 0.15) is 17.3 Å². The summed E-state index contributed by atoms with van der Waals surface area (Å²) in [5, 5.41) is 5.21. The van der Waals surface area contributed by atoms with Gasteiger partial charge >= 0.3 is 5.97 Å². The van der Waals surface area contributed by atoms with E-state index in [9.17, 15) is 14.4 Å². The van der Waals surface area contributed by atoms with Gasteiger partial charge in [0.25, 0.3) is 5.91 Å². The lowest BCUT2D eigenvalue weighted by Gasteiger charge is -2.06. The zero-order valence-electron chi connectivity index (χ0n) is 12.0. The number of anilines is 1. The Labute approximate surface area is 127 Å². The normalized spacial score (nSPS) is 9.81. The third kappa shape index (κ3) is 6.31. The van der Waals surface area contributed by atoms with Crippen LogP contribution in [0.4, 0.5) is 5.69 Å². The van der Waals surface area contributed by atoms with Gasteiger partial charge < -0.3 is 15.4 Å². The second-order valence-electron chi connectivity index (χ2n) is 4.00. The lowest BCUT2D eigenvalue weighted by Crippen LogP contribution is -2.18. The van der Waals surface area contributed by atoms with E-state index >= 15 is 0 Å². The van der Waals surface area contributed by atoms with E-state index in [0.29, 0.717) is 17.9 Å². The number of carbonyl (C=O) groups is 3. The van der Waals surface area contributed by atoms with E-state index in [1.807, 2.05) is 0 Å². The Bertz CT molecular complexity index is 502. The molecule has 7 heteroatoms. The van der Waals surface area contributed by atoms with Crippen LogP contribution in [0.3, 0.4) is 0 Å². The van der Waals surface area contributed by atoms with Gasteiger partial charge in [-0.1, -0.05) is 0 Å². The Hall–Kier alpha value is -2.02. The van der Waals surface area contributed by atoms with E-state index in [1.165, 1.54) is 11.8 Å². The highest BCUT2D eigenvalue weighted by Crippen LogP contribution is 2.10. The average Bonchev–Trinajstić information content (AvgIpc) is 2.47. The first-order valence-electron chi connectivity index (χ1n) is 6.42. The van der Waals surface area contributed by atoms with Crippen molar-refractivity contribution in [3.05, 3.63) is 29.8 Å². The van der Waals surface area contributed by atoms with Gasteiger partial charge in [0.2, 0.25) is 5.91 Å². The first kappa shape index (κ1) is 17.0. The average molecular weight is 310 g/mol. The van der Waals surface area contributed by atoms with Crippen molar-refractivity contribution in [1.29, 1.82) is 0 Å². The van der Waals surface area contributed by atoms with E-state index in [2.05, 4.69) is 10.6 Å². The first-order chi connectivity index (χ1) is 10.1. The van der Waals surface area contributed by atoms with Crippen LogP contribution in [0, 0.1) is 0 Å². The Morgan fingerprint density at radius 3 is 2.38 bits per heavy atom. The SMILES string of the molecule is CCOC(=O)CSCC(=O)Nc1ccc(C(=O)NC)cc1. The molecule has 0 unspecified atom stereocenters. The minimum atomic E-state index is -0.328. The van der Waals surface area contributed by atoms with Crippen LogP contribution in [0.2, 0.25) is 0 Å². The summed E-state index contributed by atoms with van der Waals surface area (Å²) in [7, 11) is 1.55. The molecule has 0 spiro atoms. The molecular weight excluding hydrogens is 292 g/mol. The minimum Gasteiger partial charge on any atom is -0.465 e. The Morgan fingerprint density at radius 2 is 1.81 bits per heavy atom. The molecule has 6 nitrogen and oxygen atoms in total. The van der Waals surface area contributed by atoms with Gasteiger partial charge in [-0.3, -0.25) is 14.4 Å². The Balaban J connectivity index is 2.37. The van der Waals surface area contributed by atoms with Crippen molar-refractivity contribution in [1.82, 2.24) is 5.32 Å². The maximum absolute atomic E-state index is 11.7. The van der Waals surface area contributed by atoms with Crippen molar-refractivity contribution in [2.24, 2.45) is 0 Å². The Morgan fingerprint density at radius 1 is 1.14 bits per heavy atom. The zero-order valence-corrected chi connectivity index (χ0v) is 12.8. The second-order valence-corrected chi connectivity index (χ2v) is 4.99. The number of benzene rings is 1. The van der Waals surface area contributed by atoms with Crippen LogP contribution in [0.25, 0.3) is 0 Å². The summed E-state index contributed by atoms with van der Waals surface area (Å²) in [6.45, 7) is 2.07. The van der Waals surface area contributed by atoms with E-state index in [0.717, 1.165) is 0 Å². The van der Waals surface area contributed by atoms with Crippen LogP contribution >= 0.6 is 11.8 Å². The number of esters is 1. The van der Waals surface area contributed by atoms with Crippen molar-refractivity contribution in [3.8, 4) is 0 Å². The number of hydrogen-bond acceptors (Lipinski definition) is 5. The zero-order chi connectivity index (χ0) is 15.7.